The Morgan fingerprint density at radius 1 is 0.964 bits per heavy atom. The SMILES string of the molecule is COCc1cccc(NC(=O)CCNS(=O)(=O)c2ccc3ccccc3c2)c1. The van der Waals surface area contributed by atoms with Gasteiger partial charge in [-0.25, -0.2) is 13.1 Å². The van der Waals surface area contributed by atoms with Gasteiger partial charge in [-0.2, -0.15) is 0 Å². The third kappa shape index (κ3) is 5.16. The molecule has 7 heteroatoms. The third-order valence-corrected chi connectivity index (χ3v) is 5.66. The fourth-order valence-electron chi connectivity index (χ4n) is 2.85. The van der Waals surface area contributed by atoms with Crippen molar-refractivity contribution < 1.29 is 17.9 Å². The third-order valence-electron chi connectivity index (χ3n) is 4.20. The molecule has 0 radical (unpaired) electrons. The number of nitrogens with one attached hydrogen (secondary N) is 2. The topological polar surface area (TPSA) is 84.5 Å². The van der Waals surface area contributed by atoms with Crippen LogP contribution in [0.25, 0.3) is 10.8 Å². The molecule has 1 amide bonds. The zero-order chi connectivity index (χ0) is 20.0. The highest BCUT2D eigenvalue weighted by molar-refractivity contribution is 7.89. The van der Waals surface area contributed by atoms with Crippen molar-refractivity contribution in [3.8, 4) is 0 Å². The Bertz CT molecular complexity index is 1080. The predicted octanol–water partition coefficient (Wildman–Crippen LogP) is 3.29. The molecule has 0 fully saturated rings. The lowest BCUT2D eigenvalue weighted by Gasteiger charge is -2.09. The highest BCUT2D eigenvalue weighted by atomic mass is 32.2. The van der Waals surface area contributed by atoms with E-state index in [-0.39, 0.29) is 23.8 Å². The number of hydrogen-bond donors (Lipinski definition) is 2. The highest BCUT2D eigenvalue weighted by Gasteiger charge is 2.14. The van der Waals surface area contributed by atoms with Crippen LogP contribution in [0.1, 0.15) is 12.0 Å². The Morgan fingerprint density at radius 3 is 2.54 bits per heavy atom. The van der Waals surface area contributed by atoms with Crippen molar-refractivity contribution in [3.05, 3.63) is 72.3 Å². The fourth-order valence-corrected chi connectivity index (χ4v) is 3.91. The molecule has 0 bridgehead atoms. The molecule has 0 unspecified atom stereocenters. The molecule has 146 valence electrons. The van der Waals surface area contributed by atoms with Crippen molar-refractivity contribution >= 4 is 32.4 Å². The van der Waals surface area contributed by atoms with Gasteiger partial charge in [0.05, 0.1) is 11.5 Å². The molecular weight excluding hydrogens is 376 g/mol. The number of hydrogen-bond acceptors (Lipinski definition) is 4. The average molecular weight is 398 g/mol. The van der Waals surface area contributed by atoms with Crippen LogP contribution in [0.4, 0.5) is 5.69 Å². The molecule has 0 aliphatic rings. The number of anilines is 1. The van der Waals surface area contributed by atoms with Gasteiger partial charge in [-0.1, -0.05) is 42.5 Å². The molecular formula is C21H22N2O4S. The van der Waals surface area contributed by atoms with Crippen molar-refractivity contribution in [2.45, 2.75) is 17.9 Å². The van der Waals surface area contributed by atoms with E-state index in [2.05, 4.69) is 10.0 Å². The van der Waals surface area contributed by atoms with Crippen LogP contribution in [0.15, 0.2) is 71.6 Å². The molecule has 6 nitrogen and oxygen atoms in total. The molecule has 0 aromatic heterocycles. The lowest BCUT2D eigenvalue weighted by Crippen LogP contribution is -2.27. The summed E-state index contributed by atoms with van der Waals surface area (Å²) in [6, 6.07) is 19.8. The maximum atomic E-state index is 12.5. The van der Waals surface area contributed by atoms with Crippen LogP contribution < -0.4 is 10.0 Å². The molecule has 0 heterocycles. The molecule has 0 aliphatic carbocycles. The van der Waals surface area contributed by atoms with Crippen LogP contribution in [0.5, 0.6) is 0 Å². The minimum Gasteiger partial charge on any atom is -0.380 e. The monoisotopic (exact) mass is 398 g/mol. The summed E-state index contributed by atoms with van der Waals surface area (Å²) in [5, 5.41) is 4.58. The Morgan fingerprint density at radius 2 is 1.75 bits per heavy atom. The Labute approximate surface area is 164 Å². The molecule has 0 atom stereocenters. The average Bonchev–Trinajstić information content (AvgIpc) is 2.68. The zero-order valence-electron chi connectivity index (χ0n) is 15.5. The van der Waals surface area contributed by atoms with Gasteiger partial charge in [0, 0.05) is 25.8 Å². The summed E-state index contributed by atoms with van der Waals surface area (Å²) in [5.41, 5.74) is 1.59. The lowest BCUT2D eigenvalue weighted by atomic mass is 10.1. The van der Waals surface area contributed by atoms with Crippen molar-refractivity contribution in [2.75, 3.05) is 19.0 Å². The van der Waals surface area contributed by atoms with E-state index in [1.54, 1.807) is 31.4 Å². The van der Waals surface area contributed by atoms with Gasteiger partial charge in [0.1, 0.15) is 0 Å². The molecule has 3 rings (SSSR count). The van der Waals surface area contributed by atoms with E-state index in [4.69, 9.17) is 4.74 Å². The number of ether oxygens (including phenoxy) is 1. The van der Waals surface area contributed by atoms with E-state index in [9.17, 15) is 13.2 Å². The summed E-state index contributed by atoms with van der Waals surface area (Å²) in [6.07, 6.45) is 0.0291. The highest BCUT2D eigenvalue weighted by Crippen LogP contribution is 2.18. The van der Waals surface area contributed by atoms with E-state index in [0.29, 0.717) is 12.3 Å². The summed E-state index contributed by atoms with van der Waals surface area (Å²) in [5.74, 6) is -0.268. The molecule has 3 aromatic rings. The Kier molecular flexibility index (Phi) is 6.41. The minimum absolute atomic E-state index is 0.0127. The number of carbonyl (C=O) groups excluding carboxylic acids is 1. The number of rotatable bonds is 8. The van der Waals surface area contributed by atoms with Crippen molar-refractivity contribution in [2.24, 2.45) is 0 Å². The number of amides is 1. The van der Waals surface area contributed by atoms with Crippen LogP contribution in [0.3, 0.4) is 0 Å². The first-order valence-corrected chi connectivity index (χ1v) is 10.3. The molecule has 28 heavy (non-hydrogen) atoms. The number of carbonyl (C=O) groups is 1. The van der Waals surface area contributed by atoms with Crippen LogP contribution in [0, 0.1) is 0 Å². The normalized spacial score (nSPS) is 11.5. The number of methoxy groups -OCH3 is 1. The van der Waals surface area contributed by atoms with Crippen LogP contribution in [0.2, 0.25) is 0 Å². The van der Waals surface area contributed by atoms with Gasteiger partial charge in [0.15, 0.2) is 0 Å². The van der Waals surface area contributed by atoms with E-state index in [0.717, 1.165) is 16.3 Å². The molecule has 0 aliphatic heterocycles. The second-order valence-electron chi connectivity index (χ2n) is 6.34. The van der Waals surface area contributed by atoms with Gasteiger partial charge in [0.2, 0.25) is 15.9 Å². The van der Waals surface area contributed by atoms with Crippen molar-refractivity contribution in [1.29, 1.82) is 0 Å². The smallest absolute Gasteiger partial charge is 0.240 e. The van der Waals surface area contributed by atoms with E-state index >= 15 is 0 Å². The fraction of sp³-hybridized carbons (Fsp3) is 0.190. The van der Waals surface area contributed by atoms with Crippen molar-refractivity contribution in [1.82, 2.24) is 4.72 Å². The second-order valence-corrected chi connectivity index (χ2v) is 8.11. The summed E-state index contributed by atoms with van der Waals surface area (Å²) in [4.78, 5) is 12.3. The van der Waals surface area contributed by atoms with E-state index in [1.807, 2.05) is 42.5 Å². The minimum atomic E-state index is -3.68. The van der Waals surface area contributed by atoms with E-state index in [1.165, 1.54) is 0 Å². The first-order chi connectivity index (χ1) is 13.5. The van der Waals surface area contributed by atoms with E-state index < -0.39 is 10.0 Å². The second kappa shape index (κ2) is 8.97. The molecule has 0 saturated heterocycles. The van der Waals surface area contributed by atoms with Crippen LogP contribution in [-0.2, 0) is 26.2 Å². The van der Waals surface area contributed by atoms with Crippen LogP contribution in [-0.4, -0.2) is 28.0 Å². The van der Waals surface area contributed by atoms with Crippen LogP contribution >= 0.6 is 0 Å². The van der Waals surface area contributed by atoms with Gasteiger partial charge < -0.3 is 10.1 Å². The molecule has 3 aromatic carbocycles. The van der Waals surface area contributed by atoms with Gasteiger partial charge in [-0.3, -0.25) is 4.79 Å². The zero-order valence-corrected chi connectivity index (χ0v) is 16.3. The Hall–Kier alpha value is -2.74. The maximum Gasteiger partial charge on any atom is 0.240 e. The first kappa shape index (κ1) is 20.0. The molecule has 2 N–H and O–H groups in total. The largest absolute Gasteiger partial charge is 0.380 e. The summed E-state index contributed by atoms with van der Waals surface area (Å²) in [7, 11) is -2.08. The summed E-state index contributed by atoms with van der Waals surface area (Å²) in [6.45, 7) is 0.466. The number of sulfonamides is 1. The quantitative estimate of drug-likeness (QED) is 0.610. The summed E-state index contributed by atoms with van der Waals surface area (Å²) < 4.78 is 32.5. The lowest BCUT2D eigenvalue weighted by molar-refractivity contribution is -0.116. The van der Waals surface area contributed by atoms with Gasteiger partial charge in [-0.05, 0) is 40.6 Å². The van der Waals surface area contributed by atoms with Gasteiger partial charge in [-0.15, -0.1) is 0 Å². The summed E-state index contributed by atoms with van der Waals surface area (Å²) >= 11 is 0. The standard InChI is InChI=1S/C21H22N2O4S/c1-27-15-16-5-4-8-19(13-16)23-21(24)11-12-22-28(25,26)20-10-9-17-6-2-3-7-18(17)14-20/h2-10,13-14,22H,11-12,15H2,1H3,(H,23,24). The Balaban J connectivity index is 1.57. The number of benzene rings is 3. The van der Waals surface area contributed by atoms with Crippen molar-refractivity contribution in [3.63, 3.8) is 0 Å². The predicted molar refractivity (Wildman–Crippen MR) is 110 cm³/mol. The molecule has 0 saturated carbocycles. The number of fused-ring (bicyclic) bond motifs is 1. The first-order valence-electron chi connectivity index (χ1n) is 8.84. The van der Waals surface area contributed by atoms with Gasteiger partial charge >= 0.3 is 0 Å². The molecule has 0 spiro atoms. The maximum absolute atomic E-state index is 12.5. The van der Waals surface area contributed by atoms with Gasteiger partial charge in [0.25, 0.3) is 0 Å².